The first kappa shape index (κ1) is 14.5. The van der Waals surface area contributed by atoms with Crippen molar-refractivity contribution in [1.29, 1.82) is 0 Å². The minimum absolute atomic E-state index is 0.0601. The van der Waals surface area contributed by atoms with Gasteiger partial charge in [-0.25, -0.2) is 4.79 Å². The summed E-state index contributed by atoms with van der Waals surface area (Å²) in [7, 11) is 0. The summed E-state index contributed by atoms with van der Waals surface area (Å²) < 4.78 is 25.8. The molecule has 7 heteroatoms. The summed E-state index contributed by atoms with van der Waals surface area (Å²) in [5.74, 6) is -2.42. The summed E-state index contributed by atoms with van der Waals surface area (Å²) in [4.78, 5) is 33.6. The van der Waals surface area contributed by atoms with Gasteiger partial charge in [0.1, 0.15) is 0 Å². The van der Waals surface area contributed by atoms with Crippen molar-refractivity contribution >= 4 is 18.2 Å². The largest absolute Gasteiger partial charge is 0.465 e. The first-order valence-electron chi connectivity index (χ1n) is 5.59. The van der Waals surface area contributed by atoms with Crippen molar-refractivity contribution < 1.29 is 28.3 Å². The lowest BCUT2D eigenvalue weighted by Gasteiger charge is -2.35. The highest BCUT2D eigenvalue weighted by atomic mass is 19.1. The molecular formula is C11H15F2NO4. The lowest BCUT2D eigenvalue weighted by molar-refractivity contribution is -0.145. The number of halogens is 2. The molecule has 0 aromatic rings. The van der Waals surface area contributed by atoms with Gasteiger partial charge in [0.05, 0.1) is 11.8 Å². The van der Waals surface area contributed by atoms with Crippen molar-refractivity contribution in [2.75, 3.05) is 13.1 Å². The molecule has 1 heterocycles. The van der Waals surface area contributed by atoms with Crippen LogP contribution in [0, 0.1) is 17.3 Å². The maximum Gasteiger partial charge on any atom is 0.407 e. The number of hydrogen-bond donors (Lipinski definition) is 1. The van der Waals surface area contributed by atoms with Crippen molar-refractivity contribution in [3.63, 3.8) is 0 Å². The Balaban J connectivity index is 3.08. The van der Waals surface area contributed by atoms with Crippen LogP contribution in [0.5, 0.6) is 0 Å². The first-order valence-corrected chi connectivity index (χ1v) is 5.59. The Morgan fingerprint density at radius 1 is 1.17 bits per heavy atom. The van der Waals surface area contributed by atoms with Crippen LogP contribution in [0.4, 0.5) is 13.6 Å². The molecule has 2 unspecified atom stereocenters. The van der Waals surface area contributed by atoms with E-state index in [1.165, 1.54) is 13.8 Å². The average Bonchev–Trinajstić information content (AvgIpc) is 2.72. The van der Waals surface area contributed by atoms with Gasteiger partial charge in [-0.15, -0.1) is 0 Å². The third kappa shape index (κ3) is 2.34. The van der Waals surface area contributed by atoms with Gasteiger partial charge in [0, 0.05) is 18.5 Å². The maximum absolute atomic E-state index is 12.9. The molecule has 1 aliphatic rings. The normalized spacial score (nSPS) is 26.8. The van der Waals surface area contributed by atoms with E-state index in [2.05, 4.69) is 0 Å². The quantitative estimate of drug-likeness (QED) is 0.782. The Labute approximate surface area is 103 Å². The molecule has 18 heavy (non-hydrogen) atoms. The van der Waals surface area contributed by atoms with Crippen LogP contribution in [0.15, 0.2) is 0 Å². The van der Waals surface area contributed by atoms with Crippen LogP contribution >= 0.6 is 0 Å². The SMILES string of the molecule is CC(C(=O)F)C1(C(C)C(=O)F)CCN(C(=O)O)C1. The van der Waals surface area contributed by atoms with E-state index in [-0.39, 0.29) is 19.5 Å². The Kier molecular flexibility index (Phi) is 4.03. The van der Waals surface area contributed by atoms with E-state index in [1.807, 2.05) is 0 Å². The van der Waals surface area contributed by atoms with Gasteiger partial charge in [-0.05, 0) is 6.42 Å². The number of hydrogen-bond acceptors (Lipinski definition) is 3. The zero-order valence-electron chi connectivity index (χ0n) is 10.2. The summed E-state index contributed by atoms with van der Waals surface area (Å²) in [6, 6.07) is -3.31. The molecule has 0 aliphatic carbocycles. The molecular weight excluding hydrogens is 248 g/mol. The summed E-state index contributed by atoms with van der Waals surface area (Å²) >= 11 is 0. The van der Waals surface area contributed by atoms with Gasteiger partial charge >= 0.3 is 18.2 Å². The molecule has 0 spiro atoms. The highest BCUT2D eigenvalue weighted by Gasteiger charge is 2.52. The van der Waals surface area contributed by atoms with Crippen LogP contribution < -0.4 is 0 Å². The van der Waals surface area contributed by atoms with Gasteiger partial charge < -0.3 is 10.0 Å². The summed E-state index contributed by atoms with van der Waals surface area (Å²) in [5, 5.41) is 8.85. The van der Waals surface area contributed by atoms with Gasteiger partial charge in [0.2, 0.25) is 0 Å². The molecule has 1 rings (SSSR count). The number of carbonyl (C=O) groups excluding carboxylic acids is 2. The predicted octanol–water partition coefficient (Wildman–Crippen LogP) is 1.62. The number of rotatable bonds is 4. The van der Waals surface area contributed by atoms with Gasteiger partial charge in [0.25, 0.3) is 0 Å². The maximum atomic E-state index is 12.9. The molecule has 1 N–H and O–H groups in total. The van der Waals surface area contributed by atoms with Crippen LogP contribution in [-0.4, -0.2) is 41.3 Å². The molecule has 2 atom stereocenters. The Bertz CT molecular complexity index is 365. The molecule has 102 valence electrons. The molecule has 0 bridgehead atoms. The van der Waals surface area contributed by atoms with E-state index < -0.39 is 35.4 Å². The summed E-state index contributed by atoms with van der Waals surface area (Å²) in [6.07, 6.45) is -1.14. The van der Waals surface area contributed by atoms with Crippen LogP contribution in [0.1, 0.15) is 20.3 Å². The van der Waals surface area contributed by atoms with Crippen LogP contribution in [-0.2, 0) is 9.59 Å². The first-order chi connectivity index (χ1) is 8.22. The van der Waals surface area contributed by atoms with E-state index >= 15 is 0 Å². The third-order valence-corrected chi connectivity index (χ3v) is 4.01. The summed E-state index contributed by atoms with van der Waals surface area (Å²) in [5.41, 5.74) is -1.30. The molecule has 0 saturated carbocycles. The fraction of sp³-hybridized carbons (Fsp3) is 0.727. The molecule has 0 aromatic heterocycles. The molecule has 5 nitrogen and oxygen atoms in total. The van der Waals surface area contributed by atoms with Crippen molar-refractivity contribution in [3.8, 4) is 0 Å². The average molecular weight is 263 g/mol. The fourth-order valence-corrected chi connectivity index (χ4v) is 2.55. The van der Waals surface area contributed by atoms with Gasteiger partial charge in [-0.2, -0.15) is 8.78 Å². The molecule has 0 aromatic carbocycles. The monoisotopic (exact) mass is 263 g/mol. The molecule has 1 saturated heterocycles. The number of carbonyl (C=O) groups is 3. The topological polar surface area (TPSA) is 74.7 Å². The van der Waals surface area contributed by atoms with Crippen molar-refractivity contribution in [2.24, 2.45) is 17.3 Å². The van der Waals surface area contributed by atoms with Crippen LogP contribution in [0.25, 0.3) is 0 Å². The minimum atomic E-state index is -1.66. The molecule has 1 fully saturated rings. The second kappa shape index (κ2) is 4.99. The van der Waals surface area contributed by atoms with E-state index in [0.717, 1.165) is 4.90 Å². The van der Waals surface area contributed by atoms with Crippen molar-refractivity contribution in [3.05, 3.63) is 0 Å². The van der Waals surface area contributed by atoms with Crippen LogP contribution in [0.2, 0.25) is 0 Å². The standard InChI is InChI=1S/C11H15F2NO4/c1-6(8(12)15)11(7(2)9(13)16)3-4-14(5-11)10(17)18/h6-7H,3-5H2,1-2H3,(H,17,18). The number of carboxylic acid groups (broad SMARTS) is 1. The molecule has 1 aliphatic heterocycles. The lowest BCUT2D eigenvalue weighted by Crippen LogP contribution is -2.44. The zero-order chi connectivity index (χ0) is 14.1. The van der Waals surface area contributed by atoms with E-state index in [0.29, 0.717) is 0 Å². The van der Waals surface area contributed by atoms with E-state index in [9.17, 15) is 23.2 Å². The van der Waals surface area contributed by atoms with E-state index in [4.69, 9.17) is 5.11 Å². The Morgan fingerprint density at radius 2 is 1.61 bits per heavy atom. The fourth-order valence-electron chi connectivity index (χ4n) is 2.55. The second-order valence-electron chi connectivity index (χ2n) is 4.74. The number of nitrogens with zero attached hydrogens (tertiary/aromatic N) is 1. The molecule has 1 amide bonds. The molecule has 0 radical (unpaired) electrons. The highest BCUT2D eigenvalue weighted by Crippen LogP contribution is 2.45. The zero-order valence-corrected chi connectivity index (χ0v) is 10.2. The number of likely N-dealkylation sites (tertiary alicyclic amines) is 1. The Morgan fingerprint density at radius 3 is 1.89 bits per heavy atom. The lowest BCUT2D eigenvalue weighted by atomic mass is 9.67. The predicted molar refractivity (Wildman–Crippen MR) is 57.2 cm³/mol. The van der Waals surface area contributed by atoms with Gasteiger partial charge in [0.15, 0.2) is 0 Å². The van der Waals surface area contributed by atoms with Gasteiger partial charge in [-0.1, -0.05) is 13.8 Å². The van der Waals surface area contributed by atoms with Crippen molar-refractivity contribution in [1.82, 2.24) is 4.90 Å². The highest BCUT2D eigenvalue weighted by molar-refractivity contribution is 5.77. The Hall–Kier alpha value is -1.53. The second-order valence-corrected chi connectivity index (χ2v) is 4.74. The smallest absolute Gasteiger partial charge is 0.407 e. The van der Waals surface area contributed by atoms with E-state index in [1.54, 1.807) is 0 Å². The van der Waals surface area contributed by atoms with Gasteiger partial charge in [-0.3, -0.25) is 9.59 Å². The summed E-state index contributed by atoms with van der Waals surface area (Å²) in [6.45, 7) is 2.36. The van der Waals surface area contributed by atoms with Crippen molar-refractivity contribution in [2.45, 2.75) is 20.3 Å². The number of amides is 1. The third-order valence-electron chi connectivity index (χ3n) is 4.01. The van der Waals surface area contributed by atoms with Crippen LogP contribution in [0.3, 0.4) is 0 Å². The minimum Gasteiger partial charge on any atom is -0.465 e.